The molecule has 0 saturated carbocycles. The van der Waals surface area contributed by atoms with Crippen LogP contribution in [-0.4, -0.2) is 36.5 Å². The zero-order chi connectivity index (χ0) is 9.26. The molecule has 1 aliphatic carbocycles. The summed E-state index contributed by atoms with van der Waals surface area (Å²) in [5, 5.41) is 3.40. The first-order chi connectivity index (χ1) is 6.27. The van der Waals surface area contributed by atoms with E-state index < -0.39 is 0 Å². The van der Waals surface area contributed by atoms with E-state index in [9.17, 15) is 4.79 Å². The van der Waals surface area contributed by atoms with E-state index in [-0.39, 0.29) is 11.9 Å². The average molecular weight is 180 g/mol. The van der Waals surface area contributed by atoms with E-state index in [1.807, 2.05) is 7.05 Å². The van der Waals surface area contributed by atoms with Crippen LogP contribution >= 0.6 is 0 Å². The van der Waals surface area contributed by atoms with Crippen molar-refractivity contribution >= 4 is 5.91 Å². The number of carbonyl (C=O) groups is 1. The fourth-order valence-corrected chi connectivity index (χ4v) is 2.01. The van der Waals surface area contributed by atoms with Gasteiger partial charge in [-0.05, 0) is 19.3 Å². The van der Waals surface area contributed by atoms with Gasteiger partial charge in [0.2, 0.25) is 5.91 Å². The van der Waals surface area contributed by atoms with E-state index >= 15 is 0 Å². The Kier molecular flexibility index (Phi) is 2.36. The summed E-state index contributed by atoms with van der Waals surface area (Å²) >= 11 is 0. The highest BCUT2D eigenvalue weighted by atomic mass is 16.2. The van der Waals surface area contributed by atoms with Crippen molar-refractivity contribution in [3.05, 3.63) is 12.2 Å². The molecule has 3 heteroatoms. The SMILES string of the molecule is CN1CCC(NC2CC=CC2)C1=O. The Hall–Kier alpha value is -0.830. The van der Waals surface area contributed by atoms with Crippen LogP contribution in [0.1, 0.15) is 19.3 Å². The largest absolute Gasteiger partial charge is 0.344 e. The average Bonchev–Trinajstić information content (AvgIpc) is 2.71. The molecule has 0 bridgehead atoms. The monoisotopic (exact) mass is 180 g/mol. The molecule has 1 fully saturated rings. The molecular formula is C10H16N2O. The molecule has 0 aromatic rings. The lowest BCUT2D eigenvalue weighted by Crippen LogP contribution is -2.42. The quantitative estimate of drug-likeness (QED) is 0.628. The predicted molar refractivity (Wildman–Crippen MR) is 51.3 cm³/mol. The van der Waals surface area contributed by atoms with Crippen LogP contribution in [0.25, 0.3) is 0 Å². The van der Waals surface area contributed by atoms with Gasteiger partial charge in [0.05, 0.1) is 6.04 Å². The number of hydrogen-bond donors (Lipinski definition) is 1. The Balaban J connectivity index is 1.85. The van der Waals surface area contributed by atoms with Crippen LogP contribution in [-0.2, 0) is 4.79 Å². The molecule has 1 heterocycles. The molecule has 72 valence electrons. The minimum atomic E-state index is 0.0786. The summed E-state index contributed by atoms with van der Waals surface area (Å²) in [7, 11) is 1.87. The maximum Gasteiger partial charge on any atom is 0.239 e. The van der Waals surface area contributed by atoms with E-state index in [1.165, 1.54) is 0 Å². The second kappa shape index (κ2) is 3.50. The van der Waals surface area contributed by atoms with Crippen molar-refractivity contribution < 1.29 is 4.79 Å². The topological polar surface area (TPSA) is 32.3 Å². The van der Waals surface area contributed by atoms with Crippen molar-refractivity contribution in [3.8, 4) is 0 Å². The fourth-order valence-electron chi connectivity index (χ4n) is 2.01. The molecule has 0 aromatic heterocycles. The van der Waals surface area contributed by atoms with Gasteiger partial charge >= 0.3 is 0 Å². The number of nitrogens with zero attached hydrogens (tertiary/aromatic N) is 1. The van der Waals surface area contributed by atoms with Gasteiger partial charge in [-0.15, -0.1) is 0 Å². The third kappa shape index (κ3) is 1.75. The highest BCUT2D eigenvalue weighted by Gasteiger charge is 2.30. The number of likely N-dealkylation sites (tertiary alicyclic amines) is 1. The molecule has 0 radical (unpaired) electrons. The van der Waals surface area contributed by atoms with E-state index in [0.29, 0.717) is 6.04 Å². The van der Waals surface area contributed by atoms with Crippen molar-refractivity contribution in [3.63, 3.8) is 0 Å². The van der Waals surface area contributed by atoms with Gasteiger partial charge in [0.25, 0.3) is 0 Å². The smallest absolute Gasteiger partial charge is 0.239 e. The summed E-state index contributed by atoms with van der Waals surface area (Å²) in [6.45, 7) is 0.899. The summed E-state index contributed by atoms with van der Waals surface area (Å²) < 4.78 is 0. The second-order valence-electron chi connectivity index (χ2n) is 3.91. The second-order valence-corrected chi connectivity index (χ2v) is 3.91. The molecular weight excluding hydrogens is 164 g/mol. The molecule has 3 nitrogen and oxygen atoms in total. The highest BCUT2D eigenvalue weighted by molar-refractivity contribution is 5.83. The van der Waals surface area contributed by atoms with E-state index in [2.05, 4.69) is 17.5 Å². The molecule has 1 unspecified atom stereocenters. The Morgan fingerprint density at radius 1 is 1.46 bits per heavy atom. The van der Waals surface area contributed by atoms with E-state index in [1.54, 1.807) is 4.90 Å². The van der Waals surface area contributed by atoms with E-state index in [4.69, 9.17) is 0 Å². The highest BCUT2D eigenvalue weighted by Crippen LogP contribution is 2.14. The van der Waals surface area contributed by atoms with Crippen LogP contribution in [0.15, 0.2) is 12.2 Å². The van der Waals surface area contributed by atoms with Gasteiger partial charge in [-0.25, -0.2) is 0 Å². The van der Waals surface area contributed by atoms with Crippen molar-refractivity contribution in [1.82, 2.24) is 10.2 Å². The molecule has 2 rings (SSSR count). The van der Waals surface area contributed by atoms with Gasteiger partial charge in [-0.2, -0.15) is 0 Å². The summed E-state index contributed by atoms with van der Waals surface area (Å²) in [6, 6.07) is 0.579. The molecule has 0 aromatic carbocycles. The van der Waals surface area contributed by atoms with Crippen molar-refractivity contribution in [2.45, 2.75) is 31.3 Å². The number of nitrogens with one attached hydrogen (secondary N) is 1. The standard InChI is InChI=1S/C10H16N2O/c1-12-7-6-9(10(12)13)11-8-4-2-3-5-8/h2-3,8-9,11H,4-7H2,1H3. The van der Waals surface area contributed by atoms with Crippen LogP contribution < -0.4 is 5.32 Å². The first-order valence-corrected chi connectivity index (χ1v) is 4.93. The van der Waals surface area contributed by atoms with Crippen LogP contribution in [0.2, 0.25) is 0 Å². The minimum absolute atomic E-state index is 0.0786. The fraction of sp³-hybridized carbons (Fsp3) is 0.700. The van der Waals surface area contributed by atoms with Crippen LogP contribution in [0, 0.1) is 0 Å². The van der Waals surface area contributed by atoms with Gasteiger partial charge in [0.1, 0.15) is 0 Å². The van der Waals surface area contributed by atoms with Gasteiger partial charge in [-0.3, -0.25) is 4.79 Å². The Labute approximate surface area is 78.8 Å². The number of hydrogen-bond acceptors (Lipinski definition) is 2. The molecule has 13 heavy (non-hydrogen) atoms. The summed E-state index contributed by atoms with van der Waals surface area (Å²) in [6.07, 6.45) is 7.48. The van der Waals surface area contributed by atoms with Crippen molar-refractivity contribution in [2.75, 3.05) is 13.6 Å². The maximum absolute atomic E-state index is 11.5. The summed E-state index contributed by atoms with van der Waals surface area (Å²) in [5.74, 6) is 0.256. The summed E-state index contributed by atoms with van der Waals surface area (Å²) in [4.78, 5) is 13.3. The molecule has 1 amide bonds. The predicted octanol–water partition coefficient (Wildman–Crippen LogP) is 0.525. The van der Waals surface area contributed by atoms with Crippen LogP contribution in [0.4, 0.5) is 0 Å². The normalized spacial score (nSPS) is 29.2. The number of rotatable bonds is 2. The summed E-state index contributed by atoms with van der Waals surface area (Å²) in [5.41, 5.74) is 0. The zero-order valence-corrected chi connectivity index (χ0v) is 7.99. The number of amides is 1. The van der Waals surface area contributed by atoms with Gasteiger partial charge < -0.3 is 10.2 Å². The Morgan fingerprint density at radius 2 is 2.15 bits per heavy atom. The first kappa shape index (κ1) is 8.75. The molecule has 2 aliphatic rings. The maximum atomic E-state index is 11.5. The number of carbonyl (C=O) groups excluding carboxylic acids is 1. The van der Waals surface area contributed by atoms with Crippen molar-refractivity contribution in [1.29, 1.82) is 0 Å². The van der Waals surface area contributed by atoms with E-state index in [0.717, 1.165) is 25.8 Å². The first-order valence-electron chi connectivity index (χ1n) is 4.93. The molecule has 1 saturated heterocycles. The zero-order valence-electron chi connectivity index (χ0n) is 7.99. The third-order valence-electron chi connectivity index (χ3n) is 2.87. The van der Waals surface area contributed by atoms with Crippen LogP contribution in [0.3, 0.4) is 0 Å². The molecule has 1 atom stereocenters. The van der Waals surface area contributed by atoms with Gasteiger partial charge in [-0.1, -0.05) is 12.2 Å². The molecule has 0 spiro atoms. The minimum Gasteiger partial charge on any atom is -0.344 e. The van der Waals surface area contributed by atoms with Crippen molar-refractivity contribution in [2.24, 2.45) is 0 Å². The third-order valence-corrected chi connectivity index (χ3v) is 2.87. The molecule has 1 aliphatic heterocycles. The lowest BCUT2D eigenvalue weighted by atomic mass is 10.1. The Bertz CT molecular complexity index is 229. The van der Waals surface area contributed by atoms with Gasteiger partial charge in [0, 0.05) is 19.6 Å². The lowest BCUT2D eigenvalue weighted by Gasteiger charge is -2.17. The number of likely N-dealkylation sites (N-methyl/N-ethyl adjacent to an activating group) is 1. The molecule has 1 N–H and O–H groups in total. The lowest BCUT2D eigenvalue weighted by molar-refractivity contribution is -0.128. The Morgan fingerprint density at radius 3 is 2.69 bits per heavy atom. The van der Waals surface area contributed by atoms with Gasteiger partial charge in [0.15, 0.2) is 0 Å². The van der Waals surface area contributed by atoms with Crippen LogP contribution in [0.5, 0.6) is 0 Å².